The fraction of sp³-hybridized carbons (Fsp3) is 0.105. The Morgan fingerprint density at radius 2 is 1.85 bits per heavy atom. The van der Waals surface area contributed by atoms with E-state index in [0.29, 0.717) is 16.8 Å². The first-order valence-corrected chi connectivity index (χ1v) is 9.46. The van der Waals surface area contributed by atoms with Gasteiger partial charge in [-0.15, -0.1) is 0 Å². The lowest BCUT2D eigenvalue weighted by molar-refractivity contribution is 0.357. The van der Waals surface area contributed by atoms with Gasteiger partial charge < -0.3 is 10.5 Å². The lowest BCUT2D eigenvalue weighted by Gasteiger charge is -2.36. The standard InChI is InChI=1S/C19H14FN3O3S/c1-23-15-5-3-2-4-13(15)17-18(27(23,24)25)16(14(10-21)19(22)26-17)11-6-8-12(20)9-7-11/h2-9,16H,22H2,1H3. The smallest absolute Gasteiger partial charge is 0.264 e. The van der Waals surface area contributed by atoms with Crippen LogP contribution in [0.1, 0.15) is 17.0 Å². The number of anilines is 1. The quantitative estimate of drug-likeness (QED) is 0.817. The van der Waals surface area contributed by atoms with E-state index in [1.807, 2.05) is 6.07 Å². The molecular weight excluding hydrogens is 369 g/mol. The number of sulfonamides is 1. The minimum absolute atomic E-state index is 0.0308. The lowest BCUT2D eigenvalue weighted by Crippen LogP contribution is -2.37. The van der Waals surface area contributed by atoms with Crippen LogP contribution in [0.15, 0.2) is 64.9 Å². The number of nitriles is 1. The summed E-state index contributed by atoms with van der Waals surface area (Å²) >= 11 is 0. The minimum Gasteiger partial charge on any atom is -0.439 e. The van der Waals surface area contributed by atoms with Crippen LogP contribution in [-0.2, 0) is 14.8 Å². The van der Waals surface area contributed by atoms with E-state index >= 15 is 0 Å². The SMILES string of the molecule is CN1c2ccccc2C2=C(C(c3ccc(F)cc3)C(C#N)=C(N)O2)S1(=O)=O. The Hall–Kier alpha value is -3.31. The van der Waals surface area contributed by atoms with Crippen molar-refractivity contribution in [2.45, 2.75) is 5.92 Å². The number of fused-ring (bicyclic) bond motifs is 2. The van der Waals surface area contributed by atoms with Crippen LogP contribution in [0.3, 0.4) is 0 Å². The van der Waals surface area contributed by atoms with Crippen LogP contribution in [0.4, 0.5) is 10.1 Å². The summed E-state index contributed by atoms with van der Waals surface area (Å²) in [5, 5.41) is 9.60. The van der Waals surface area contributed by atoms with Gasteiger partial charge in [0.25, 0.3) is 10.0 Å². The van der Waals surface area contributed by atoms with E-state index in [1.165, 1.54) is 31.3 Å². The van der Waals surface area contributed by atoms with Crippen molar-refractivity contribution in [3.63, 3.8) is 0 Å². The zero-order valence-electron chi connectivity index (χ0n) is 14.2. The van der Waals surface area contributed by atoms with Gasteiger partial charge in [0.15, 0.2) is 5.76 Å². The molecule has 2 aliphatic heterocycles. The summed E-state index contributed by atoms with van der Waals surface area (Å²) in [7, 11) is -2.56. The maximum absolute atomic E-state index is 13.4. The molecule has 0 fully saturated rings. The van der Waals surface area contributed by atoms with Crippen LogP contribution >= 0.6 is 0 Å². The second-order valence-electron chi connectivity index (χ2n) is 6.16. The van der Waals surface area contributed by atoms with Gasteiger partial charge >= 0.3 is 0 Å². The Morgan fingerprint density at radius 3 is 2.52 bits per heavy atom. The highest BCUT2D eigenvalue weighted by Crippen LogP contribution is 2.50. The molecule has 2 aliphatic rings. The molecule has 0 spiro atoms. The van der Waals surface area contributed by atoms with Gasteiger partial charge in [0, 0.05) is 12.6 Å². The molecule has 1 unspecified atom stereocenters. The molecule has 0 saturated carbocycles. The van der Waals surface area contributed by atoms with Crippen LogP contribution < -0.4 is 10.0 Å². The lowest BCUT2D eigenvalue weighted by atomic mass is 9.88. The highest BCUT2D eigenvalue weighted by Gasteiger charge is 2.46. The number of nitrogens with two attached hydrogens (primary N) is 1. The third-order valence-electron chi connectivity index (χ3n) is 4.70. The van der Waals surface area contributed by atoms with Crippen molar-refractivity contribution in [2.24, 2.45) is 5.73 Å². The normalized spacial score (nSPS) is 20.5. The van der Waals surface area contributed by atoms with E-state index in [0.717, 1.165) is 4.31 Å². The molecule has 6 nitrogen and oxygen atoms in total. The van der Waals surface area contributed by atoms with Gasteiger partial charge in [-0.1, -0.05) is 24.3 Å². The highest BCUT2D eigenvalue weighted by molar-refractivity contribution is 7.96. The number of ether oxygens (including phenoxy) is 1. The molecule has 0 aromatic heterocycles. The Bertz CT molecular complexity index is 1160. The molecule has 2 aromatic carbocycles. The van der Waals surface area contributed by atoms with Crippen molar-refractivity contribution >= 4 is 21.5 Å². The van der Waals surface area contributed by atoms with Gasteiger partial charge in [0.2, 0.25) is 5.88 Å². The van der Waals surface area contributed by atoms with E-state index in [-0.39, 0.29) is 22.1 Å². The van der Waals surface area contributed by atoms with E-state index < -0.39 is 21.8 Å². The Morgan fingerprint density at radius 1 is 1.19 bits per heavy atom. The summed E-state index contributed by atoms with van der Waals surface area (Å²) in [6.45, 7) is 0. The van der Waals surface area contributed by atoms with Crippen LogP contribution in [-0.4, -0.2) is 15.5 Å². The molecule has 2 heterocycles. The summed E-state index contributed by atoms with van der Waals surface area (Å²) in [5.74, 6) is -1.53. The molecule has 4 rings (SSSR count). The molecule has 0 aliphatic carbocycles. The molecule has 136 valence electrons. The minimum atomic E-state index is -4.00. The fourth-order valence-electron chi connectivity index (χ4n) is 3.38. The molecule has 0 amide bonds. The molecule has 0 saturated heterocycles. The first-order chi connectivity index (χ1) is 12.9. The van der Waals surface area contributed by atoms with Crippen molar-refractivity contribution in [1.29, 1.82) is 5.26 Å². The first-order valence-electron chi connectivity index (χ1n) is 8.02. The zero-order chi connectivity index (χ0) is 19.3. The van der Waals surface area contributed by atoms with Crippen LogP contribution in [0.25, 0.3) is 5.76 Å². The Kier molecular flexibility index (Phi) is 3.71. The van der Waals surface area contributed by atoms with Crippen molar-refractivity contribution < 1.29 is 17.5 Å². The molecule has 2 aromatic rings. The number of para-hydroxylation sites is 1. The van der Waals surface area contributed by atoms with Gasteiger partial charge in [-0.25, -0.2) is 12.8 Å². The number of hydrogen-bond donors (Lipinski definition) is 1. The van der Waals surface area contributed by atoms with E-state index in [2.05, 4.69) is 0 Å². The monoisotopic (exact) mass is 383 g/mol. The molecule has 0 radical (unpaired) electrons. The fourth-order valence-corrected chi connectivity index (χ4v) is 5.03. The Labute approximate surface area is 155 Å². The van der Waals surface area contributed by atoms with Crippen molar-refractivity contribution in [3.05, 3.63) is 81.8 Å². The topological polar surface area (TPSA) is 96.4 Å². The Balaban J connectivity index is 2.07. The summed E-state index contributed by atoms with van der Waals surface area (Å²) in [6.07, 6.45) is 0. The third kappa shape index (κ3) is 2.39. The largest absolute Gasteiger partial charge is 0.439 e. The van der Waals surface area contributed by atoms with Gasteiger partial charge in [0.05, 0.1) is 11.6 Å². The van der Waals surface area contributed by atoms with Crippen molar-refractivity contribution in [1.82, 2.24) is 0 Å². The van der Waals surface area contributed by atoms with E-state index in [4.69, 9.17) is 10.5 Å². The molecular formula is C19H14FN3O3S. The third-order valence-corrected chi connectivity index (χ3v) is 6.60. The maximum atomic E-state index is 13.4. The summed E-state index contributed by atoms with van der Waals surface area (Å²) < 4.78 is 46.7. The maximum Gasteiger partial charge on any atom is 0.264 e. The molecule has 0 bridgehead atoms. The average molecular weight is 383 g/mol. The van der Waals surface area contributed by atoms with Gasteiger partial charge in [-0.3, -0.25) is 4.31 Å². The predicted octanol–water partition coefficient (Wildman–Crippen LogP) is 2.78. The number of benzene rings is 2. The second kappa shape index (κ2) is 5.86. The summed E-state index contributed by atoms with van der Waals surface area (Å²) in [4.78, 5) is -0.0824. The van der Waals surface area contributed by atoms with E-state index in [1.54, 1.807) is 24.3 Å². The molecule has 2 N–H and O–H groups in total. The second-order valence-corrected chi connectivity index (χ2v) is 8.10. The van der Waals surface area contributed by atoms with Crippen LogP contribution in [0.5, 0.6) is 0 Å². The van der Waals surface area contributed by atoms with Crippen molar-refractivity contribution in [2.75, 3.05) is 11.4 Å². The van der Waals surface area contributed by atoms with Gasteiger partial charge in [-0.2, -0.15) is 5.26 Å². The van der Waals surface area contributed by atoms with E-state index in [9.17, 15) is 18.1 Å². The highest BCUT2D eigenvalue weighted by atomic mass is 32.2. The molecule has 1 atom stereocenters. The van der Waals surface area contributed by atoms with Gasteiger partial charge in [-0.05, 0) is 29.8 Å². The molecule has 27 heavy (non-hydrogen) atoms. The summed E-state index contributed by atoms with van der Waals surface area (Å²) in [6, 6.07) is 14.1. The van der Waals surface area contributed by atoms with Gasteiger partial charge in [0.1, 0.15) is 22.4 Å². The van der Waals surface area contributed by atoms with Crippen molar-refractivity contribution in [3.8, 4) is 6.07 Å². The first kappa shape index (κ1) is 17.1. The molecule has 8 heteroatoms. The number of nitrogens with zero attached hydrogens (tertiary/aromatic N) is 2. The zero-order valence-corrected chi connectivity index (χ0v) is 15.0. The predicted molar refractivity (Wildman–Crippen MR) is 97.7 cm³/mol. The number of allylic oxidation sites excluding steroid dienone is 2. The number of halogens is 1. The van der Waals surface area contributed by atoms with Crippen LogP contribution in [0.2, 0.25) is 0 Å². The van der Waals surface area contributed by atoms with Crippen LogP contribution in [0, 0.1) is 17.1 Å². The average Bonchev–Trinajstić information content (AvgIpc) is 2.66. The number of rotatable bonds is 1. The number of hydrogen-bond acceptors (Lipinski definition) is 5. The summed E-state index contributed by atoms with van der Waals surface area (Å²) in [5.41, 5.74) is 7.35.